The number of benzene rings is 1. The van der Waals surface area contributed by atoms with Crippen molar-refractivity contribution in [3.8, 4) is 11.3 Å². The number of rotatable bonds is 5. The molecule has 2 fully saturated rings. The lowest BCUT2D eigenvalue weighted by Gasteiger charge is -2.35. The number of halogens is 3. The zero-order chi connectivity index (χ0) is 25.0. The summed E-state index contributed by atoms with van der Waals surface area (Å²) in [4.78, 5) is 16.5. The summed E-state index contributed by atoms with van der Waals surface area (Å²) >= 11 is 0. The summed E-state index contributed by atoms with van der Waals surface area (Å²) < 4.78 is 65.7. The molecule has 0 amide bonds. The van der Waals surface area contributed by atoms with Gasteiger partial charge in [-0.1, -0.05) is 0 Å². The van der Waals surface area contributed by atoms with Crippen LogP contribution in [-0.4, -0.2) is 66.7 Å². The van der Waals surface area contributed by atoms with Crippen molar-refractivity contribution >= 4 is 27.2 Å². The van der Waals surface area contributed by atoms with Crippen molar-refractivity contribution in [1.29, 1.82) is 0 Å². The van der Waals surface area contributed by atoms with Crippen molar-refractivity contribution in [2.24, 2.45) is 0 Å². The monoisotopic (exact) mass is 504 g/mol. The number of fused-ring (bicyclic) bond motifs is 2. The molecule has 8 nitrogen and oxygen atoms in total. The predicted octanol–water partition coefficient (Wildman–Crippen LogP) is 3.60. The highest BCUT2D eigenvalue weighted by Crippen LogP contribution is 2.42. The Kier molecular flexibility index (Phi) is 5.67. The van der Waals surface area contributed by atoms with Gasteiger partial charge in [0.15, 0.2) is 9.84 Å². The molecule has 0 aliphatic carbocycles. The molecule has 1 N–H and O–H groups in total. The Morgan fingerprint density at radius 3 is 2.54 bits per heavy atom. The van der Waals surface area contributed by atoms with Crippen LogP contribution in [-0.2, 0) is 16.0 Å². The van der Waals surface area contributed by atoms with Gasteiger partial charge in [-0.05, 0) is 43.8 Å². The van der Waals surface area contributed by atoms with E-state index in [1.54, 1.807) is 12.1 Å². The Hall–Kier alpha value is -3.25. The average molecular weight is 505 g/mol. The summed E-state index contributed by atoms with van der Waals surface area (Å²) in [5.41, 5.74) is 0.493. The molecule has 5 rings (SSSR count). The zero-order valence-electron chi connectivity index (χ0n) is 19.0. The van der Waals surface area contributed by atoms with E-state index in [1.165, 1.54) is 30.7 Å². The number of hydrogen-bond donors (Lipinski definition) is 1. The Labute approximate surface area is 200 Å². The lowest BCUT2D eigenvalue weighted by molar-refractivity contribution is -0.137. The van der Waals surface area contributed by atoms with E-state index in [-0.39, 0.29) is 34.3 Å². The third-order valence-electron chi connectivity index (χ3n) is 6.47. The van der Waals surface area contributed by atoms with Crippen molar-refractivity contribution in [3.63, 3.8) is 0 Å². The average Bonchev–Trinajstić information content (AvgIpc) is 3.38. The van der Waals surface area contributed by atoms with Crippen LogP contribution in [0.1, 0.15) is 12.0 Å². The van der Waals surface area contributed by atoms with Gasteiger partial charge in [0.2, 0.25) is 5.95 Å². The number of likely N-dealkylation sites (N-methyl/N-ethyl adjacent to an activating group) is 1. The molecular formula is C23H23F3N6O2S. The normalized spacial score (nSPS) is 20.4. The maximum absolute atomic E-state index is 14.0. The standard InChI is InChI=1S/C23H23F3N6O2S/c1-31-12-17-9-16(31)13-32(17)21-4-3-15(8-19(21)23(24,25)26)29-22-28-6-5-20(30-22)14-7-18(11-27-10-14)35(2,33)34/h3-8,10-11,16-17H,9,12-13H2,1-2H3,(H,28,29,30). The SMILES string of the molecule is CN1CC2CC1CN2c1ccc(Nc2nccc(-c3cncc(S(C)(=O)=O)c3)n2)cc1C(F)(F)F. The van der Waals surface area contributed by atoms with Gasteiger partial charge in [-0.25, -0.2) is 18.4 Å². The molecule has 2 saturated heterocycles. The first kappa shape index (κ1) is 23.5. The Bertz CT molecular complexity index is 1380. The molecule has 2 bridgehead atoms. The molecule has 2 aliphatic heterocycles. The second-order valence-electron chi connectivity index (χ2n) is 8.94. The number of alkyl halides is 3. The van der Waals surface area contributed by atoms with Crippen molar-refractivity contribution < 1.29 is 21.6 Å². The number of anilines is 3. The number of hydrogen-bond acceptors (Lipinski definition) is 8. The topological polar surface area (TPSA) is 91.3 Å². The van der Waals surface area contributed by atoms with Crippen LogP contribution >= 0.6 is 0 Å². The number of sulfone groups is 1. The Morgan fingerprint density at radius 2 is 1.89 bits per heavy atom. The van der Waals surface area contributed by atoms with Gasteiger partial charge in [0.1, 0.15) is 0 Å². The molecule has 2 aliphatic rings. The fraction of sp³-hybridized carbons (Fsp3) is 0.348. The van der Waals surface area contributed by atoms with Gasteiger partial charge in [0, 0.05) is 67.0 Å². The van der Waals surface area contributed by atoms with Gasteiger partial charge < -0.3 is 10.2 Å². The lowest BCUT2D eigenvalue weighted by atomic mass is 10.1. The van der Waals surface area contributed by atoms with Crippen LogP contribution < -0.4 is 10.2 Å². The van der Waals surface area contributed by atoms with Crippen molar-refractivity contribution in [2.45, 2.75) is 29.6 Å². The van der Waals surface area contributed by atoms with E-state index in [1.807, 2.05) is 11.9 Å². The number of nitrogens with one attached hydrogen (secondary N) is 1. The second-order valence-corrected chi connectivity index (χ2v) is 11.0. The molecule has 3 aromatic rings. The molecule has 4 heterocycles. The van der Waals surface area contributed by atoms with E-state index < -0.39 is 21.6 Å². The minimum absolute atomic E-state index is 0.0373. The molecule has 1 aromatic carbocycles. The molecule has 12 heteroatoms. The Balaban J connectivity index is 1.43. The summed E-state index contributed by atoms with van der Waals surface area (Å²) in [6.45, 7) is 1.32. The summed E-state index contributed by atoms with van der Waals surface area (Å²) in [5.74, 6) is 0.0787. The molecule has 2 unspecified atom stereocenters. The smallest absolute Gasteiger partial charge is 0.365 e. The van der Waals surface area contributed by atoms with Crippen LogP contribution in [0.2, 0.25) is 0 Å². The van der Waals surface area contributed by atoms with Crippen molar-refractivity contribution in [2.75, 3.05) is 36.6 Å². The van der Waals surface area contributed by atoms with Gasteiger partial charge >= 0.3 is 6.18 Å². The highest BCUT2D eigenvalue weighted by molar-refractivity contribution is 7.90. The fourth-order valence-electron chi connectivity index (χ4n) is 4.72. The summed E-state index contributed by atoms with van der Waals surface area (Å²) in [6.07, 6.45) is 1.55. The maximum Gasteiger partial charge on any atom is 0.418 e. The highest BCUT2D eigenvalue weighted by Gasteiger charge is 2.44. The number of pyridine rings is 1. The van der Waals surface area contributed by atoms with Crippen molar-refractivity contribution in [1.82, 2.24) is 19.9 Å². The van der Waals surface area contributed by atoms with Crippen LogP contribution in [0.4, 0.5) is 30.5 Å². The van der Waals surface area contributed by atoms with Crippen LogP contribution in [0.25, 0.3) is 11.3 Å². The summed E-state index contributed by atoms with van der Waals surface area (Å²) in [6, 6.07) is 7.50. The summed E-state index contributed by atoms with van der Waals surface area (Å²) in [5, 5.41) is 2.84. The maximum atomic E-state index is 14.0. The first-order valence-electron chi connectivity index (χ1n) is 10.9. The minimum atomic E-state index is -4.53. The molecule has 0 radical (unpaired) electrons. The third kappa shape index (κ3) is 4.67. The summed E-state index contributed by atoms with van der Waals surface area (Å²) in [7, 11) is -1.46. The van der Waals surface area contributed by atoms with E-state index in [0.717, 1.165) is 25.3 Å². The number of likely N-dealkylation sites (tertiary alicyclic amines) is 1. The van der Waals surface area contributed by atoms with Gasteiger partial charge in [-0.15, -0.1) is 0 Å². The molecule has 2 atom stereocenters. The van der Waals surface area contributed by atoms with Crippen molar-refractivity contribution in [3.05, 3.63) is 54.5 Å². The first-order valence-corrected chi connectivity index (χ1v) is 12.8. The number of piperazine rings is 1. The molecular weight excluding hydrogens is 481 g/mol. The highest BCUT2D eigenvalue weighted by atomic mass is 32.2. The molecule has 0 spiro atoms. The number of aromatic nitrogens is 3. The van der Waals surface area contributed by atoms with Gasteiger partial charge in [0.25, 0.3) is 0 Å². The van der Waals surface area contributed by atoms with Gasteiger partial charge in [0.05, 0.1) is 16.2 Å². The van der Waals surface area contributed by atoms with Crippen LogP contribution in [0.3, 0.4) is 0 Å². The van der Waals surface area contributed by atoms with Gasteiger partial charge in [-0.2, -0.15) is 13.2 Å². The first-order chi connectivity index (χ1) is 16.5. The van der Waals surface area contributed by atoms with Gasteiger partial charge in [-0.3, -0.25) is 9.88 Å². The molecule has 35 heavy (non-hydrogen) atoms. The molecule has 0 saturated carbocycles. The largest absolute Gasteiger partial charge is 0.418 e. The minimum Gasteiger partial charge on any atom is -0.365 e. The number of nitrogens with zero attached hydrogens (tertiary/aromatic N) is 5. The van der Waals surface area contributed by atoms with E-state index in [9.17, 15) is 21.6 Å². The van der Waals surface area contributed by atoms with Crippen LogP contribution in [0.5, 0.6) is 0 Å². The van der Waals surface area contributed by atoms with E-state index in [4.69, 9.17) is 0 Å². The predicted molar refractivity (Wildman–Crippen MR) is 125 cm³/mol. The molecule has 2 aromatic heterocycles. The van der Waals surface area contributed by atoms with E-state index in [2.05, 4.69) is 25.2 Å². The lowest BCUT2D eigenvalue weighted by Crippen LogP contribution is -2.45. The third-order valence-corrected chi connectivity index (χ3v) is 7.55. The van der Waals surface area contributed by atoms with E-state index in [0.29, 0.717) is 17.8 Å². The Morgan fingerprint density at radius 1 is 1.09 bits per heavy atom. The van der Waals surface area contributed by atoms with Crippen LogP contribution in [0, 0.1) is 0 Å². The fourth-order valence-corrected chi connectivity index (χ4v) is 5.32. The van der Waals surface area contributed by atoms with Crippen LogP contribution in [0.15, 0.2) is 53.8 Å². The van der Waals surface area contributed by atoms with E-state index >= 15 is 0 Å². The zero-order valence-corrected chi connectivity index (χ0v) is 19.8. The molecule has 184 valence electrons. The quantitative estimate of drug-likeness (QED) is 0.564. The second kappa shape index (κ2) is 8.45.